The van der Waals surface area contributed by atoms with Crippen LogP contribution in [0, 0.1) is 0 Å². The van der Waals surface area contributed by atoms with Gasteiger partial charge in [0.15, 0.2) is 0 Å². The second kappa shape index (κ2) is 7.54. The molecule has 2 rings (SSSR count). The van der Waals surface area contributed by atoms with Gasteiger partial charge in [-0.3, -0.25) is 0 Å². The van der Waals surface area contributed by atoms with Crippen LogP contribution in [0.25, 0.3) is 0 Å². The fourth-order valence-electron chi connectivity index (χ4n) is 2.33. The highest BCUT2D eigenvalue weighted by Gasteiger charge is 2.18. The average Bonchev–Trinajstić information content (AvgIpc) is 2.53. The molecule has 1 aromatic carbocycles. The Morgan fingerprint density at radius 3 is 2.57 bits per heavy atom. The van der Waals surface area contributed by atoms with E-state index in [4.69, 9.17) is 5.73 Å². The molecule has 5 heteroatoms. The number of nitrogens with two attached hydrogens (primary N) is 1. The van der Waals surface area contributed by atoms with Crippen molar-refractivity contribution in [2.24, 2.45) is 5.73 Å². The maximum absolute atomic E-state index is 12.2. The summed E-state index contributed by atoms with van der Waals surface area (Å²) in [5.41, 5.74) is 7.78. The molecule has 1 aliphatic carbocycles. The van der Waals surface area contributed by atoms with Gasteiger partial charge in [-0.2, -0.15) is 0 Å². The zero-order valence-corrected chi connectivity index (χ0v) is 12.9. The lowest BCUT2D eigenvalue weighted by Crippen LogP contribution is -2.35. The van der Waals surface area contributed by atoms with Crippen molar-refractivity contribution in [3.05, 3.63) is 59.7 Å². The summed E-state index contributed by atoms with van der Waals surface area (Å²) in [5, 5.41) is 0. The third kappa shape index (κ3) is 5.12. The van der Waals surface area contributed by atoms with Crippen LogP contribution in [0.2, 0.25) is 0 Å². The van der Waals surface area contributed by atoms with Gasteiger partial charge < -0.3 is 5.73 Å². The van der Waals surface area contributed by atoms with Crippen LogP contribution < -0.4 is 10.5 Å². The monoisotopic (exact) mass is 306 g/mol. The van der Waals surface area contributed by atoms with Crippen LogP contribution in [-0.2, 0) is 10.0 Å². The molecule has 0 saturated heterocycles. The van der Waals surface area contributed by atoms with E-state index in [0.717, 1.165) is 18.4 Å². The molecule has 0 unspecified atom stereocenters. The third-order valence-electron chi connectivity index (χ3n) is 3.54. The quantitative estimate of drug-likeness (QED) is 0.759. The molecule has 0 bridgehead atoms. The normalized spacial score (nSPS) is 16.5. The van der Waals surface area contributed by atoms with Gasteiger partial charge in [0.25, 0.3) is 0 Å². The molecule has 1 aliphatic rings. The number of sulfonamides is 1. The van der Waals surface area contributed by atoms with Crippen LogP contribution in [0.5, 0.6) is 0 Å². The van der Waals surface area contributed by atoms with E-state index in [9.17, 15) is 8.42 Å². The molecule has 0 heterocycles. The maximum atomic E-state index is 12.2. The molecule has 1 atom stereocenters. The fraction of sp³-hybridized carbons (Fsp3) is 0.375. The smallest absolute Gasteiger partial charge is 0.212 e. The lowest BCUT2D eigenvalue weighted by Gasteiger charge is -2.18. The van der Waals surface area contributed by atoms with Crippen LogP contribution in [0.4, 0.5) is 0 Å². The van der Waals surface area contributed by atoms with Crippen molar-refractivity contribution < 1.29 is 8.42 Å². The summed E-state index contributed by atoms with van der Waals surface area (Å²) >= 11 is 0. The van der Waals surface area contributed by atoms with Gasteiger partial charge in [0.05, 0.1) is 11.8 Å². The Bertz CT molecular complexity index is 606. The highest BCUT2D eigenvalue weighted by molar-refractivity contribution is 7.89. The van der Waals surface area contributed by atoms with E-state index in [2.05, 4.69) is 23.0 Å². The van der Waals surface area contributed by atoms with Crippen molar-refractivity contribution in [1.29, 1.82) is 0 Å². The molecule has 0 amide bonds. The summed E-state index contributed by atoms with van der Waals surface area (Å²) in [7, 11) is -3.34. The van der Waals surface area contributed by atoms with Gasteiger partial charge in [-0.25, -0.2) is 13.1 Å². The Hall–Kier alpha value is -1.43. The minimum Gasteiger partial charge on any atom is -0.329 e. The molecule has 0 saturated carbocycles. The Labute approximate surface area is 126 Å². The molecule has 4 nitrogen and oxygen atoms in total. The topological polar surface area (TPSA) is 72.2 Å². The number of benzene rings is 1. The number of hydrogen-bond acceptors (Lipinski definition) is 3. The zero-order chi connectivity index (χ0) is 15.1. The van der Waals surface area contributed by atoms with Crippen LogP contribution in [0.1, 0.15) is 30.9 Å². The Morgan fingerprint density at radius 1 is 1.19 bits per heavy atom. The number of rotatable bonds is 7. The summed E-state index contributed by atoms with van der Waals surface area (Å²) in [6.45, 7) is 0.245. The largest absolute Gasteiger partial charge is 0.329 e. The van der Waals surface area contributed by atoms with Crippen LogP contribution >= 0.6 is 0 Å². The van der Waals surface area contributed by atoms with E-state index >= 15 is 0 Å². The van der Waals surface area contributed by atoms with E-state index in [-0.39, 0.29) is 18.3 Å². The van der Waals surface area contributed by atoms with Crippen molar-refractivity contribution in [3.63, 3.8) is 0 Å². The SMILES string of the molecule is NC[C@H](NS(=O)(=O)CCC1=CCC=CC1)c1ccccc1. The molecule has 0 radical (unpaired) electrons. The minimum absolute atomic E-state index is 0.107. The molecule has 0 fully saturated rings. The predicted octanol–water partition coefficient (Wildman–Crippen LogP) is 2.27. The molecule has 0 spiro atoms. The second-order valence-electron chi connectivity index (χ2n) is 5.16. The molecule has 21 heavy (non-hydrogen) atoms. The first-order valence-electron chi connectivity index (χ1n) is 7.18. The zero-order valence-electron chi connectivity index (χ0n) is 12.0. The summed E-state index contributed by atoms with van der Waals surface area (Å²) in [6.07, 6.45) is 8.61. The number of nitrogens with one attached hydrogen (secondary N) is 1. The van der Waals surface area contributed by atoms with Crippen LogP contribution in [-0.4, -0.2) is 20.7 Å². The minimum atomic E-state index is -3.34. The summed E-state index contributed by atoms with van der Waals surface area (Å²) in [5.74, 6) is 0.107. The first-order valence-corrected chi connectivity index (χ1v) is 8.84. The van der Waals surface area contributed by atoms with E-state index in [1.54, 1.807) is 0 Å². The number of allylic oxidation sites excluding steroid dienone is 4. The van der Waals surface area contributed by atoms with Gasteiger partial charge in [-0.15, -0.1) is 0 Å². The summed E-state index contributed by atoms with van der Waals surface area (Å²) < 4.78 is 27.1. The first kappa shape index (κ1) is 15.9. The molecule has 1 aromatic rings. The van der Waals surface area contributed by atoms with Gasteiger partial charge in [0, 0.05) is 6.54 Å². The molecule has 114 valence electrons. The lowest BCUT2D eigenvalue weighted by atomic mass is 10.0. The number of hydrogen-bond donors (Lipinski definition) is 2. The maximum Gasteiger partial charge on any atom is 0.212 e. The van der Waals surface area contributed by atoms with E-state index in [1.807, 2.05) is 30.3 Å². The summed E-state index contributed by atoms with van der Waals surface area (Å²) in [4.78, 5) is 0. The average molecular weight is 306 g/mol. The Balaban J connectivity index is 1.94. The van der Waals surface area contributed by atoms with Crippen LogP contribution in [0.3, 0.4) is 0 Å². The third-order valence-corrected chi connectivity index (χ3v) is 4.93. The highest BCUT2D eigenvalue weighted by atomic mass is 32.2. The van der Waals surface area contributed by atoms with Gasteiger partial charge in [0.2, 0.25) is 10.0 Å². The molecular formula is C16H22N2O2S. The van der Waals surface area contributed by atoms with Crippen molar-refractivity contribution in [3.8, 4) is 0 Å². The van der Waals surface area contributed by atoms with Crippen molar-refractivity contribution in [2.75, 3.05) is 12.3 Å². The highest BCUT2D eigenvalue weighted by Crippen LogP contribution is 2.17. The van der Waals surface area contributed by atoms with Gasteiger partial charge in [-0.1, -0.05) is 54.1 Å². The standard InChI is InChI=1S/C16H22N2O2S/c17-13-16(15-9-5-2-6-10-15)18-21(19,20)12-11-14-7-3-1-4-8-14/h1-3,5-6,8-10,16,18H,4,7,11-13,17H2/t16-/m0/s1. The van der Waals surface area contributed by atoms with Gasteiger partial charge in [0.1, 0.15) is 0 Å². The molecule has 0 aliphatic heterocycles. The van der Waals surface area contributed by atoms with Crippen molar-refractivity contribution in [1.82, 2.24) is 4.72 Å². The van der Waals surface area contributed by atoms with Crippen molar-refractivity contribution >= 4 is 10.0 Å². The van der Waals surface area contributed by atoms with Crippen LogP contribution in [0.15, 0.2) is 54.1 Å². The van der Waals surface area contributed by atoms with Gasteiger partial charge in [-0.05, 0) is 24.8 Å². The van der Waals surface area contributed by atoms with E-state index in [0.29, 0.717) is 6.42 Å². The Morgan fingerprint density at radius 2 is 1.95 bits per heavy atom. The predicted molar refractivity (Wildman–Crippen MR) is 86.2 cm³/mol. The van der Waals surface area contributed by atoms with E-state index < -0.39 is 10.0 Å². The second-order valence-corrected chi connectivity index (χ2v) is 7.03. The lowest BCUT2D eigenvalue weighted by molar-refractivity contribution is 0.557. The Kier molecular flexibility index (Phi) is 5.73. The summed E-state index contributed by atoms with van der Waals surface area (Å²) in [6, 6.07) is 9.06. The fourth-order valence-corrected chi connectivity index (χ4v) is 3.65. The molecule has 3 N–H and O–H groups in total. The van der Waals surface area contributed by atoms with E-state index in [1.165, 1.54) is 5.57 Å². The van der Waals surface area contributed by atoms with Gasteiger partial charge >= 0.3 is 0 Å². The first-order chi connectivity index (χ1) is 10.1. The molecule has 0 aromatic heterocycles. The molecular weight excluding hydrogens is 284 g/mol. The van der Waals surface area contributed by atoms with Crippen molar-refractivity contribution in [2.45, 2.75) is 25.3 Å².